The molecule has 1 heterocycles. The zero-order chi connectivity index (χ0) is 15.5. The number of hydrogen-bond donors (Lipinski definition) is 0. The summed E-state index contributed by atoms with van der Waals surface area (Å²) < 4.78 is 33.2. The third-order valence-corrected chi connectivity index (χ3v) is 6.01. The molecule has 0 saturated carbocycles. The number of likely N-dealkylation sites (N-methyl/N-ethyl adjacent to an activating group) is 1. The van der Waals surface area contributed by atoms with E-state index in [-0.39, 0.29) is 0 Å². The first-order chi connectivity index (χ1) is 9.95. The monoisotopic (exact) mass is 376 g/mol. The Morgan fingerprint density at radius 2 is 1.90 bits per heavy atom. The number of halogens is 1. The van der Waals surface area contributed by atoms with E-state index in [1.54, 1.807) is 22.5 Å². The third kappa shape index (κ3) is 3.97. The topological polar surface area (TPSA) is 49.9 Å². The lowest BCUT2D eigenvalue weighted by atomic mass is 10.3. The highest BCUT2D eigenvalue weighted by Crippen LogP contribution is 2.29. The Morgan fingerprint density at radius 3 is 2.52 bits per heavy atom. The van der Waals surface area contributed by atoms with E-state index in [0.717, 1.165) is 24.0 Å². The molecule has 0 N–H and O–H groups in total. The molecule has 5 nitrogen and oxygen atoms in total. The molecule has 0 aromatic heterocycles. The van der Waals surface area contributed by atoms with Crippen molar-refractivity contribution in [2.45, 2.75) is 18.2 Å². The number of hydrogen-bond acceptors (Lipinski definition) is 4. The molecule has 2 rings (SSSR count). The minimum absolute atomic E-state index is 0.293. The van der Waals surface area contributed by atoms with Crippen LogP contribution in [0.5, 0.6) is 5.75 Å². The van der Waals surface area contributed by atoms with Gasteiger partial charge in [0.05, 0.1) is 16.0 Å². The maximum atomic E-state index is 12.7. The van der Waals surface area contributed by atoms with Crippen molar-refractivity contribution in [3.8, 4) is 5.75 Å². The predicted octanol–water partition coefficient (Wildman–Crippen LogP) is 2.17. The molecular formula is C14H21BrN2O3S. The Kier molecular flexibility index (Phi) is 5.65. The summed E-state index contributed by atoms with van der Waals surface area (Å²) in [4.78, 5) is 2.42. The molecular weight excluding hydrogens is 356 g/mol. The van der Waals surface area contributed by atoms with Gasteiger partial charge in [-0.05, 0) is 41.5 Å². The predicted molar refractivity (Wildman–Crippen MR) is 86.2 cm³/mol. The van der Waals surface area contributed by atoms with Gasteiger partial charge >= 0.3 is 0 Å². The maximum absolute atomic E-state index is 12.7. The summed E-state index contributed by atoms with van der Waals surface area (Å²) in [6.07, 6.45) is 0.877. The van der Waals surface area contributed by atoms with Crippen molar-refractivity contribution in [1.82, 2.24) is 9.21 Å². The van der Waals surface area contributed by atoms with Gasteiger partial charge in [-0.2, -0.15) is 4.31 Å². The van der Waals surface area contributed by atoms with Crippen LogP contribution in [0.4, 0.5) is 0 Å². The minimum atomic E-state index is -3.44. The highest BCUT2D eigenvalue weighted by molar-refractivity contribution is 9.10. The van der Waals surface area contributed by atoms with Crippen molar-refractivity contribution < 1.29 is 13.2 Å². The third-order valence-electron chi connectivity index (χ3n) is 3.46. The smallest absolute Gasteiger partial charge is 0.243 e. The lowest BCUT2D eigenvalue weighted by molar-refractivity contribution is 0.222. The maximum Gasteiger partial charge on any atom is 0.243 e. The standard InChI is InChI=1S/C14H21BrN2O3S/c1-3-10-20-14-11-12(4-5-13(14)15)21(18,19)17-8-6-16(2)7-9-17/h4-5,11H,3,6-10H2,1-2H3. The van der Waals surface area contributed by atoms with E-state index in [1.807, 2.05) is 14.0 Å². The van der Waals surface area contributed by atoms with Gasteiger partial charge < -0.3 is 9.64 Å². The second-order valence-corrected chi connectivity index (χ2v) is 7.94. The van der Waals surface area contributed by atoms with Gasteiger partial charge in [-0.1, -0.05) is 6.92 Å². The lowest BCUT2D eigenvalue weighted by Crippen LogP contribution is -2.47. The van der Waals surface area contributed by atoms with Crippen molar-refractivity contribution in [3.05, 3.63) is 22.7 Å². The number of ether oxygens (including phenoxy) is 1. The van der Waals surface area contributed by atoms with Crippen LogP contribution in [0.1, 0.15) is 13.3 Å². The van der Waals surface area contributed by atoms with Gasteiger partial charge in [0.1, 0.15) is 5.75 Å². The summed E-state index contributed by atoms with van der Waals surface area (Å²) in [6.45, 7) is 5.15. The zero-order valence-electron chi connectivity index (χ0n) is 12.4. The highest BCUT2D eigenvalue weighted by Gasteiger charge is 2.28. The number of nitrogens with zero attached hydrogens (tertiary/aromatic N) is 2. The molecule has 1 aliphatic heterocycles. The van der Waals surface area contributed by atoms with E-state index in [1.165, 1.54) is 0 Å². The van der Waals surface area contributed by atoms with Crippen LogP contribution in [0, 0.1) is 0 Å². The van der Waals surface area contributed by atoms with Crippen LogP contribution in [0.25, 0.3) is 0 Å². The molecule has 118 valence electrons. The molecule has 1 aromatic rings. The van der Waals surface area contributed by atoms with Crippen LogP contribution >= 0.6 is 15.9 Å². The molecule has 1 aromatic carbocycles. The van der Waals surface area contributed by atoms with Crippen molar-refractivity contribution in [3.63, 3.8) is 0 Å². The SMILES string of the molecule is CCCOc1cc(S(=O)(=O)N2CCN(C)CC2)ccc1Br. The zero-order valence-corrected chi connectivity index (χ0v) is 14.8. The quantitative estimate of drug-likeness (QED) is 0.789. The van der Waals surface area contributed by atoms with Gasteiger partial charge in [-0.15, -0.1) is 0 Å². The van der Waals surface area contributed by atoms with Crippen molar-refractivity contribution in [1.29, 1.82) is 0 Å². The van der Waals surface area contributed by atoms with Crippen LogP contribution in [0.15, 0.2) is 27.6 Å². The fourth-order valence-electron chi connectivity index (χ4n) is 2.14. The summed E-state index contributed by atoms with van der Waals surface area (Å²) in [7, 11) is -1.44. The Labute approximate surface area is 135 Å². The van der Waals surface area contributed by atoms with E-state index in [2.05, 4.69) is 20.8 Å². The van der Waals surface area contributed by atoms with E-state index >= 15 is 0 Å². The summed E-state index contributed by atoms with van der Waals surface area (Å²) >= 11 is 3.39. The molecule has 0 spiro atoms. The summed E-state index contributed by atoms with van der Waals surface area (Å²) in [6, 6.07) is 4.96. The minimum Gasteiger partial charge on any atom is -0.492 e. The van der Waals surface area contributed by atoms with Crippen LogP contribution in [-0.4, -0.2) is 57.5 Å². The summed E-state index contributed by atoms with van der Waals surface area (Å²) in [5.74, 6) is 0.576. The molecule has 0 bridgehead atoms. The van der Waals surface area contributed by atoms with E-state index < -0.39 is 10.0 Å². The first-order valence-corrected chi connectivity index (χ1v) is 9.29. The van der Waals surface area contributed by atoms with Crippen molar-refractivity contribution in [2.75, 3.05) is 39.8 Å². The van der Waals surface area contributed by atoms with Gasteiger partial charge in [0.2, 0.25) is 10.0 Å². The molecule has 0 radical (unpaired) electrons. The second-order valence-electron chi connectivity index (χ2n) is 5.15. The van der Waals surface area contributed by atoms with E-state index in [4.69, 9.17) is 4.74 Å². The fraction of sp³-hybridized carbons (Fsp3) is 0.571. The summed E-state index contributed by atoms with van der Waals surface area (Å²) in [5.41, 5.74) is 0. The Balaban J connectivity index is 2.23. The van der Waals surface area contributed by atoms with Gasteiger partial charge in [0, 0.05) is 32.2 Å². The molecule has 1 aliphatic rings. The fourth-order valence-corrected chi connectivity index (χ4v) is 3.94. The van der Waals surface area contributed by atoms with E-state index in [9.17, 15) is 8.42 Å². The van der Waals surface area contributed by atoms with Crippen molar-refractivity contribution >= 4 is 26.0 Å². The average molecular weight is 377 g/mol. The normalized spacial score (nSPS) is 17.9. The van der Waals surface area contributed by atoms with E-state index in [0.29, 0.717) is 30.3 Å². The number of rotatable bonds is 5. The van der Waals surface area contributed by atoms with Crippen molar-refractivity contribution in [2.24, 2.45) is 0 Å². The highest BCUT2D eigenvalue weighted by atomic mass is 79.9. The van der Waals surface area contributed by atoms with Gasteiger partial charge in [-0.3, -0.25) is 0 Å². The molecule has 0 aliphatic carbocycles. The van der Waals surface area contributed by atoms with Gasteiger partial charge in [-0.25, -0.2) is 8.42 Å². The Morgan fingerprint density at radius 1 is 1.24 bits per heavy atom. The molecule has 21 heavy (non-hydrogen) atoms. The van der Waals surface area contributed by atoms with Crippen LogP contribution in [0.2, 0.25) is 0 Å². The second kappa shape index (κ2) is 7.09. The Bertz CT molecular complexity index is 584. The number of piperazine rings is 1. The van der Waals surface area contributed by atoms with Crippen LogP contribution < -0.4 is 4.74 Å². The molecule has 0 atom stereocenters. The largest absolute Gasteiger partial charge is 0.492 e. The first-order valence-electron chi connectivity index (χ1n) is 7.06. The first kappa shape index (κ1) is 16.7. The molecule has 0 amide bonds. The molecule has 1 saturated heterocycles. The molecule has 1 fully saturated rings. The average Bonchev–Trinajstić information content (AvgIpc) is 2.46. The number of sulfonamides is 1. The Hall–Kier alpha value is -0.630. The molecule has 7 heteroatoms. The summed E-state index contributed by atoms with van der Waals surface area (Å²) in [5, 5.41) is 0. The molecule has 0 unspecified atom stereocenters. The lowest BCUT2D eigenvalue weighted by Gasteiger charge is -2.31. The van der Waals surface area contributed by atoms with Crippen LogP contribution in [-0.2, 0) is 10.0 Å². The van der Waals surface area contributed by atoms with Crippen LogP contribution in [0.3, 0.4) is 0 Å². The number of benzene rings is 1. The van der Waals surface area contributed by atoms with Gasteiger partial charge in [0.15, 0.2) is 0 Å². The van der Waals surface area contributed by atoms with Gasteiger partial charge in [0.25, 0.3) is 0 Å².